The van der Waals surface area contributed by atoms with Crippen LogP contribution in [0.1, 0.15) is 12.5 Å². The Balaban J connectivity index is 1.65. The summed E-state index contributed by atoms with van der Waals surface area (Å²) in [6.07, 6.45) is 3.44. The number of nitrogens with zero attached hydrogens (tertiary/aromatic N) is 5. The Morgan fingerprint density at radius 2 is 1.77 bits per heavy atom. The number of carbonyl (C=O) groups is 1. The van der Waals surface area contributed by atoms with E-state index < -0.39 is 10.0 Å². The second-order valence-corrected chi connectivity index (χ2v) is 9.65. The van der Waals surface area contributed by atoms with Crippen molar-refractivity contribution >= 4 is 27.6 Å². The molecule has 2 aromatic rings. The molecule has 1 N–H and O–H groups in total. The SMILES string of the molecule is Cc1ccc(S(=O)(=O)N(C)C)cc1NC(=O)C(C)N1CCN(c2ncccn2)CC1. The van der Waals surface area contributed by atoms with Crippen LogP contribution in [0, 0.1) is 6.92 Å². The maximum Gasteiger partial charge on any atom is 0.242 e. The third kappa shape index (κ3) is 4.77. The Kier molecular flexibility index (Phi) is 6.69. The molecule has 1 saturated heterocycles. The molecule has 1 aromatic heterocycles. The van der Waals surface area contributed by atoms with Gasteiger partial charge < -0.3 is 10.2 Å². The van der Waals surface area contributed by atoms with Crippen LogP contribution >= 0.6 is 0 Å². The van der Waals surface area contributed by atoms with Gasteiger partial charge in [0.05, 0.1) is 10.9 Å². The molecule has 0 aliphatic carbocycles. The highest BCUT2D eigenvalue weighted by atomic mass is 32.2. The maximum atomic E-state index is 12.9. The van der Waals surface area contributed by atoms with E-state index >= 15 is 0 Å². The van der Waals surface area contributed by atoms with Crippen molar-refractivity contribution in [1.82, 2.24) is 19.2 Å². The van der Waals surface area contributed by atoms with Crippen molar-refractivity contribution in [2.45, 2.75) is 24.8 Å². The van der Waals surface area contributed by atoms with E-state index in [0.717, 1.165) is 23.0 Å². The molecule has 10 heteroatoms. The highest BCUT2D eigenvalue weighted by Gasteiger charge is 2.27. The molecule has 0 bridgehead atoms. The zero-order valence-corrected chi connectivity index (χ0v) is 18.6. The number of benzene rings is 1. The molecule has 0 spiro atoms. The Bertz CT molecular complexity index is 989. The van der Waals surface area contributed by atoms with Gasteiger partial charge in [-0.15, -0.1) is 0 Å². The van der Waals surface area contributed by atoms with Gasteiger partial charge in [-0.1, -0.05) is 6.07 Å². The van der Waals surface area contributed by atoms with Gasteiger partial charge in [0.1, 0.15) is 0 Å². The number of aromatic nitrogens is 2. The Morgan fingerprint density at radius 1 is 1.13 bits per heavy atom. The summed E-state index contributed by atoms with van der Waals surface area (Å²) in [5.41, 5.74) is 1.31. The monoisotopic (exact) mass is 432 g/mol. The molecule has 2 heterocycles. The van der Waals surface area contributed by atoms with Crippen molar-refractivity contribution in [2.75, 3.05) is 50.5 Å². The molecule has 1 atom stereocenters. The van der Waals surface area contributed by atoms with Crippen LogP contribution in [0.2, 0.25) is 0 Å². The summed E-state index contributed by atoms with van der Waals surface area (Å²) in [7, 11) is -0.607. The van der Waals surface area contributed by atoms with Crippen LogP contribution in [0.25, 0.3) is 0 Å². The summed E-state index contributed by atoms with van der Waals surface area (Å²) in [6.45, 7) is 6.58. The number of sulfonamides is 1. The summed E-state index contributed by atoms with van der Waals surface area (Å²) in [5.74, 6) is 0.533. The van der Waals surface area contributed by atoms with E-state index in [9.17, 15) is 13.2 Å². The first-order valence-corrected chi connectivity index (χ1v) is 11.2. The average Bonchev–Trinajstić information content (AvgIpc) is 2.75. The first-order chi connectivity index (χ1) is 14.2. The fourth-order valence-electron chi connectivity index (χ4n) is 3.27. The van der Waals surface area contributed by atoms with Gasteiger partial charge >= 0.3 is 0 Å². The van der Waals surface area contributed by atoms with Gasteiger partial charge in [-0.2, -0.15) is 0 Å². The summed E-state index contributed by atoms with van der Waals surface area (Å²) in [5, 5.41) is 2.90. The van der Waals surface area contributed by atoms with Gasteiger partial charge in [-0.05, 0) is 37.6 Å². The van der Waals surface area contributed by atoms with Crippen molar-refractivity contribution in [3.05, 3.63) is 42.2 Å². The van der Waals surface area contributed by atoms with Crippen LogP contribution in [0.15, 0.2) is 41.6 Å². The third-order valence-electron chi connectivity index (χ3n) is 5.32. The van der Waals surface area contributed by atoms with Crippen molar-refractivity contribution < 1.29 is 13.2 Å². The molecule has 1 aliphatic rings. The lowest BCUT2D eigenvalue weighted by Crippen LogP contribution is -2.53. The Morgan fingerprint density at radius 3 is 2.37 bits per heavy atom. The number of rotatable bonds is 6. The average molecular weight is 433 g/mol. The second kappa shape index (κ2) is 9.07. The molecule has 9 nitrogen and oxygen atoms in total. The second-order valence-electron chi connectivity index (χ2n) is 7.50. The molecule has 162 valence electrons. The smallest absolute Gasteiger partial charge is 0.242 e. The Hall–Kier alpha value is -2.56. The van der Waals surface area contributed by atoms with Crippen molar-refractivity contribution in [3.63, 3.8) is 0 Å². The van der Waals surface area contributed by atoms with Crippen molar-refractivity contribution in [3.8, 4) is 0 Å². The topological polar surface area (TPSA) is 98.7 Å². The fraction of sp³-hybridized carbons (Fsp3) is 0.450. The summed E-state index contributed by atoms with van der Waals surface area (Å²) >= 11 is 0. The lowest BCUT2D eigenvalue weighted by atomic mass is 10.1. The summed E-state index contributed by atoms with van der Waals surface area (Å²) in [4.78, 5) is 25.8. The van der Waals surface area contributed by atoms with E-state index in [1.807, 2.05) is 13.8 Å². The molecule has 30 heavy (non-hydrogen) atoms. The number of aryl methyl sites for hydroxylation is 1. The molecule has 0 saturated carbocycles. The summed E-state index contributed by atoms with van der Waals surface area (Å²) < 4.78 is 26.0. The van der Waals surface area contributed by atoms with E-state index in [2.05, 4.69) is 25.1 Å². The van der Waals surface area contributed by atoms with E-state index in [-0.39, 0.29) is 16.8 Å². The molecule has 3 rings (SSSR count). The fourth-order valence-corrected chi connectivity index (χ4v) is 4.20. The predicted molar refractivity (Wildman–Crippen MR) is 116 cm³/mol. The van der Waals surface area contributed by atoms with Crippen molar-refractivity contribution in [1.29, 1.82) is 0 Å². The highest BCUT2D eigenvalue weighted by Crippen LogP contribution is 2.22. The van der Waals surface area contributed by atoms with E-state index in [0.29, 0.717) is 24.7 Å². The van der Waals surface area contributed by atoms with Gasteiger partial charge in [0.15, 0.2) is 0 Å². The lowest BCUT2D eigenvalue weighted by Gasteiger charge is -2.37. The van der Waals surface area contributed by atoms with Gasteiger partial charge in [-0.25, -0.2) is 22.7 Å². The van der Waals surface area contributed by atoms with E-state index in [4.69, 9.17) is 0 Å². The number of nitrogens with one attached hydrogen (secondary N) is 1. The minimum Gasteiger partial charge on any atom is -0.338 e. The molecule has 1 aromatic carbocycles. The number of piperazine rings is 1. The molecule has 1 unspecified atom stereocenters. The third-order valence-corrected chi connectivity index (χ3v) is 7.13. The van der Waals surface area contributed by atoms with Crippen LogP contribution in [0.5, 0.6) is 0 Å². The van der Waals surface area contributed by atoms with Crippen LogP contribution in [0.3, 0.4) is 0 Å². The molecule has 1 aliphatic heterocycles. The van der Waals surface area contributed by atoms with Crippen LogP contribution in [-0.2, 0) is 14.8 Å². The standard InChI is InChI=1S/C20H28N6O3S/c1-15-6-7-17(30(28,29)24(3)4)14-18(15)23-19(27)16(2)25-10-12-26(13-11-25)20-21-8-5-9-22-20/h5-9,14,16H,10-13H2,1-4H3,(H,23,27). The molecule has 1 amide bonds. The van der Waals surface area contributed by atoms with Crippen LogP contribution in [0.4, 0.5) is 11.6 Å². The first-order valence-electron chi connectivity index (χ1n) is 9.80. The number of hydrogen-bond acceptors (Lipinski definition) is 7. The first kappa shape index (κ1) is 22.1. The highest BCUT2D eigenvalue weighted by molar-refractivity contribution is 7.89. The van der Waals surface area contributed by atoms with Crippen molar-refractivity contribution in [2.24, 2.45) is 0 Å². The maximum absolute atomic E-state index is 12.9. The summed E-state index contributed by atoms with van der Waals surface area (Å²) in [6, 6.07) is 6.20. The quantitative estimate of drug-likeness (QED) is 0.732. The lowest BCUT2D eigenvalue weighted by molar-refractivity contribution is -0.120. The van der Waals surface area contributed by atoms with Gasteiger partial charge in [0.25, 0.3) is 0 Å². The van der Waals surface area contributed by atoms with Gasteiger partial charge in [0.2, 0.25) is 21.9 Å². The van der Waals surface area contributed by atoms with Gasteiger partial charge in [-0.3, -0.25) is 9.69 Å². The van der Waals surface area contributed by atoms with Crippen LogP contribution in [-0.4, -0.2) is 79.8 Å². The molecule has 0 radical (unpaired) electrons. The minimum absolute atomic E-state index is 0.150. The molecular weight excluding hydrogens is 404 g/mol. The zero-order valence-electron chi connectivity index (χ0n) is 17.7. The molecular formula is C20H28N6O3S. The Labute approximate surface area is 177 Å². The van der Waals surface area contributed by atoms with Crippen LogP contribution < -0.4 is 10.2 Å². The normalized spacial score (nSPS) is 16.5. The largest absolute Gasteiger partial charge is 0.338 e. The number of hydrogen-bond donors (Lipinski definition) is 1. The van der Waals surface area contributed by atoms with Gasteiger partial charge in [0, 0.05) is 58.4 Å². The minimum atomic E-state index is -3.57. The number of carbonyl (C=O) groups excluding carboxylic acids is 1. The van der Waals surface area contributed by atoms with E-state index in [1.54, 1.807) is 30.6 Å². The van der Waals surface area contributed by atoms with E-state index in [1.165, 1.54) is 20.2 Å². The predicted octanol–water partition coefficient (Wildman–Crippen LogP) is 1.18. The number of amides is 1. The zero-order chi connectivity index (χ0) is 21.9. The molecule has 1 fully saturated rings. The number of anilines is 2.